The Bertz CT molecular complexity index is 1060. The van der Waals surface area contributed by atoms with Crippen molar-refractivity contribution >= 4 is 11.9 Å². The Morgan fingerprint density at radius 2 is 1.11 bits per heavy atom. The zero-order valence-electron chi connectivity index (χ0n) is 15.4. The first-order valence-electron chi connectivity index (χ1n) is 8.49. The molecular weight excluding hydrogens is 354 g/mol. The van der Waals surface area contributed by atoms with Gasteiger partial charge in [0.1, 0.15) is 0 Å². The van der Waals surface area contributed by atoms with E-state index in [2.05, 4.69) is 6.07 Å². The molecule has 0 bridgehead atoms. The molecule has 3 aromatic rings. The Kier molecular flexibility index (Phi) is 5.52. The number of rotatable bonds is 4. The van der Waals surface area contributed by atoms with Gasteiger partial charge in [-0.05, 0) is 46.5 Å². The van der Waals surface area contributed by atoms with Crippen LogP contribution in [0.1, 0.15) is 26.3 Å². The number of nitriles is 1. The quantitative estimate of drug-likeness (QED) is 0.633. The van der Waals surface area contributed by atoms with E-state index in [4.69, 9.17) is 14.7 Å². The van der Waals surface area contributed by atoms with Crippen molar-refractivity contribution < 1.29 is 19.1 Å². The second-order valence-electron chi connectivity index (χ2n) is 6.01. The normalized spacial score (nSPS) is 10.0. The molecule has 5 nitrogen and oxygen atoms in total. The van der Waals surface area contributed by atoms with Crippen LogP contribution < -0.4 is 0 Å². The molecule has 3 rings (SSSR count). The second-order valence-corrected chi connectivity index (χ2v) is 6.01. The summed E-state index contributed by atoms with van der Waals surface area (Å²) in [6.07, 6.45) is 0. The molecule has 0 amide bonds. The van der Waals surface area contributed by atoms with Crippen LogP contribution in [0.3, 0.4) is 0 Å². The highest BCUT2D eigenvalue weighted by Gasteiger charge is 2.19. The minimum absolute atomic E-state index is 0.156. The molecular formula is C23H17NO4. The molecule has 0 aromatic heterocycles. The number of ether oxygens (including phenoxy) is 2. The van der Waals surface area contributed by atoms with Crippen LogP contribution in [0.5, 0.6) is 0 Å². The SMILES string of the molecule is COC(=O)c1ccc(-c2ccc(-c3ccc(C#N)cc3)cc2)cc1C(=O)OC. The molecule has 0 saturated carbocycles. The lowest BCUT2D eigenvalue weighted by Crippen LogP contribution is -2.11. The fraction of sp³-hybridized carbons (Fsp3) is 0.0870. The van der Waals surface area contributed by atoms with E-state index >= 15 is 0 Å². The maximum absolute atomic E-state index is 12.1. The molecule has 0 unspecified atom stereocenters. The van der Waals surface area contributed by atoms with Gasteiger partial charge in [-0.3, -0.25) is 0 Å². The van der Waals surface area contributed by atoms with Gasteiger partial charge < -0.3 is 9.47 Å². The highest BCUT2D eigenvalue weighted by atomic mass is 16.5. The fourth-order valence-electron chi connectivity index (χ4n) is 2.88. The summed E-state index contributed by atoms with van der Waals surface area (Å²) in [5.74, 6) is -1.19. The first kappa shape index (κ1) is 18.9. The Hall–Kier alpha value is -3.91. The fourth-order valence-corrected chi connectivity index (χ4v) is 2.88. The summed E-state index contributed by atoms with van der Waals surface area (Å²) in [5, 5.41) is 8.90. The van der Waals surface area contributed by atoms with E-state index in [1.165, 1.54) is 14.2 Å². The molecule has 0 atom stereocenters. The molecule has 0 aliphatic carbocycles. The second kappa shape index (κ2) is 8.19. The van der Waals surface area contributed by atoms with Crippen molar-refractivity contribution in [1.82, 2.24) is 0 Å². The molecule has 0 saturated heterocycles. The van der Waals surface area contributed by atoms with E-state index in [9.17, 15) is 9.59 Å². The van der Waals surface area contributed by atoms with Crippen LogP contribution in [0.4, 0.5) is 0 Å². The Morgan fingerprint density at radius 1 is 0.679 bits per heavy atom. The molecule has 0 radical (unpaired) electrons. The standard InChI is InChI=1S/C23H17NO4/c1-27-22(25)20-12-11-19(13-21(20)23(26)28-2)18-9-7-17(8-10-18)16-5-3-15(14-24)4-6-16/h3-13H,1-2H3. The number of esters is 2. The molecule has 3 aromatic carbocycles. The van der Waals surface area contributed by atoms with Crippen LogP contribution in [0, 0.1) is 11.3 Å². The van der Waals surface area contributed by atoms with Crippen molar-refractivity contribution in [2.24, 2.45) is 0 Å². The maximum Gasteiger partial charge on any atom is 0.338 e. The lowest BCUT2D eigenvalue weighted by atomic mass is 9.96. The molecule has 28 heavy (non-hydrogen) atoms. The van der Waals surface area contributed by atoms with Gasteiger partial charge in [-0.1, -0.05) is 42.5 Å². The third kappa shape index (κ3) is 3.76. The summed E-state index contributed by atoms with van der Waals surface area (Å²) in [6.45, 7) is 0. The smallest absolute Gasteiger partial charge is 0.338 e. The largest absolute Gasteiger partial charge is 0.465 e. The van der Waals surface area contributed by atoms with Gasteiger partial charge in [-0.25, -0.2) is 9.59 Å². The number of nitrogens with zero attached hydrogens (tertiary/aromatic N) is 1. The average Bonchev–Trinajstić information content (AvgIpc) is 2.77. The zero-order chi connectivity index (χ0) is 20.1. The predicted octanol–water partition coefficient (Wildman–Crippen LogP) is 4.47. The molecule has 0 heterocycles. The third-order valence-corrected chi connectivity index (χ3v) is 4.40. The van der Waals surface area contributed by atoms with Crippen molar-refractivity contribution in [3.63, 3.8) is 0 Å². The molecule has 0 spiro atoms. The molecule has 0 fully saturated rings. The van der Waals surface area contributed by atoms with Crippen LogP contribution in [-0.4, -0.2) is 26.2 Å². The van der Waals surface area contributed by atoms with Gasteiger partial charge in [0.25, 0.3) is 0 Å². The van der Waals surface area contributed by atoms with Gasteiger partial charge in [0.2, 0.25) is 0 Å². The first-order valence-corrected chi connectivity index (χ1v) is 8.49. The van der Waals surface area contributed by atoms with E-state index in [1.54, 1.807) is 30.3 Å². The topological polar surface area (TPSA) is 76.4 Å². The van der Waals surface area contributed by atoms with Gasteiger partial charge >= 0.3 is 11.9 Å². The molecule has 0 aliphatic heterocycles. The van der Waals surface area contributed by atoms with Crippen molar-refractivity contribution in [2.75, 3.05) is 14.2 Å². The van der Waals surface area contributed by atoms with Crippen LogP contribution >= 0.6 is 0 Å². The number of carbonyl (C=O) groups excluding carboxylic acids is 2. The summed E-state index contributed by atoms with van der Waals surface area (Å²) in [6, 6.07) is 22.2. The first-order chi connectivity index (χ1) is 13.6. The van der Waals surface area contributed by atoms with Gasteiger partial charge in [-0.2, -0.15) is 5.26 Å². The van der Waals surface area contributed by atoms with Crippen molar-refractivity contribution in [3.05, 3.63) is 83.4 Å². The van der Waals surface area contributed by atoms with Crippen LogP contribution in [-0.2, 0) is 9.47 Å². The summed E-state index contributed by atoms with van der Waals surface area (Å²) in [4.78, 5) is 24.0. The summed E-state index contributed by atoms with van der Waals surface area (Å²) in [7, 11) is 2.53. The summed E-state index contributed by atoms with van der Waals surface area (Å²) >= 11 is 0. The van der Waals surface area contributed by atoms with Crippen molar-refractivity contribution in [2.45, 2.75) is 0 Å². The van der Waals surface area contributed by atoms with E-state index in [-0.39, 0.29) is 11.1 Å². The molecule has 5 heteroatoms. The number of methoxy groups -OCH3 is 2. The van der Waals surface area contributed by atoms with Gasteiger partial charge in [0, 0.05) is 0 Å². The molecule has 138 valence electrons. The van der Waals surface area contributed by atoms with Crippen LogP contribution in [0.25, 0.3) is 22.3 Å². The zero-order valence-corrected chi connectivity index (χ0v) is 15.4. The van der Waals surface area contributed by atoms with E-state index in [0.29, 0.717) is 5.56 Å². The monoisotopic (exact) mass is 371 g/mol. The Balaban J connectivity index is 1.96. The van der Waals surface area contributed by atoms with E-state index in [1.807, 2.05) is 36.4 Å². The molecule has 0 aliphatic rings. The minimum Gasteiger partial charge on any atom is -0.465 e. The lowest BCUT2D eigenvalue weighted by Gasteiger charge is -2.10. The number of benzene rings is 3. The average molecular weight is 371 g/mol. The third-order valence-electron chi connectivity index (χ3n) is 4.40. The van der Waals surface area contributed by atoms with E-state index < -0.39 is 11.9 Å². The van der Waals surface area contributed by atoms with Gasteiger partial charge in [0.05, 0.1) is 37.0 Å². The number of hydrogen-bond donors (Lipinski definition) is 0. The predicted molar refractivity (Wildman–Crippen MR) is 105 cm³/mol. The Morgan fingerprint density at radius 3 is 1.61 bits per heavy atom. The number of carbonyl (C=O) groups is 2. The van der Waals surface area contributed by atoms with Gasteiger partial charge in [0.15, 0.2) is 0 Å². The van der Waals surface area contributed by atoms with Crippen LogP contribution in [0.15, 0.2) is 66.7 Å². The number of hydrogen-bond acceptors (Lipinski definition) is 5. The van der Waals surface area contributed by atoms with Crippen molar-refractivity contribution in [1.29, 1.82) is 5.26 Å². The summed E-state index contributed by atoms with van der Waals surface area (Å²) in [5.41, 5.74) is 4.60. The van der Waals surface area contributed by atoms with Crippen LogP contribution in [0.2, 0.25) is 0 Å². The molecule has 0 N–H and O–H groups in total. The summed E-state index contributed by atoms with van der Waals surface area (Å²) < 4.78 is 9.52. The minimum atomic E-state index is -0.601. The highest BCUT2D eigenvalue weighted by Crippen LogP contribution is 2.27. The highest BCUT2D eigenvalue weighted by molar-refractivity contribution is 6.04. The lowest BCUT2D eigenvalue weighted by molar-refractivity contribution is 0.0555. The van der Waals surface area contributed by atoms with E-state index in [0.717, 1.165) is 22.3 Å². The maximum atomic E-state index is 12.1. The Labute approximate surface area is 162 Å². The van der Waals surface area contributed by atoms with Gasteiger partial charge in [-0.15, -0.1) is 0 Å². The van der Waals surface area contributed by atoms with Crippen molar-refractivity contribution in [3.8, 4) is 28.3 Å².